The van der Waals surface area contributed by atoms with Gasteiger partial charge < -0.3 is 11.5 Å². The number of anilines is 1. The molecule has 1 rings (SSSR count). The first kappa shape index (κ1) is 11.6. The van der Waals surface area contributed by atoms with Crippen molar-refractivity contribution in [2.45, 2.75) is 25.8 Å². The Kier molecular flexibility index (Phi) is 4.05. The second kappa shape index (κ2) is 4.87. The van der Waals surface area contributed by atoms with Gasteiger partial charge in [-0.05, 0) is 24.1 Å². The molecule has 0 spiro atoms. The number of rotatable bonds is 3. The highest BCUT2D eigenvalue weighted by molar-refractivity contribution is 6.38. The van der Waals surface area contributed by atoms with Crippen molar-refractivity contribution >= 4 is 28.9 Å². The van der Waals surface area contributed by atoms with E-state index in [-0.39, 0.29) is 6.04 Å². The second-order valence-electron chi connectivity index (χ2n) is 3.29. The van der Waals surface area contributed by atoms with Crippen LogP contribution in [0.25, 0.3) is 0 Å². The first-order chi connectivity index (χ1) is 6.56. The van der Waals surface area contributed by atoms with E-state index in [9.17, 15) is 0 Å². The van der Waals surface area contributed by atoms with Gasteiger partial charge in [0.05, 0.1) is 15.7 Å². The molecule has 0 heterocycles. The lowest BCUT2D eigenvalue weighted by Crippen LogP contribution is -2.10. The summed E-state index contributed by atoms with van der Waals surface area (Å²) in [6.45, 7) is 2.08. The van der Waals surface area contributed by atoms with Crippen LogP contribution in [0.3, 0.4) is 0 Å². The summed E-state index contributed by atoms with van der Waals surface area (Å²) in [6, 6.07) is 3.54. The molecule has 4 heteroatoms. The summed E-state index contributed by atoms with van der Waals surface area (Å²) in [4.78, 5) is 0. The number of nitrogen functional groups attached to an aromatic ring is 1. The molecule has 0 unspecified atom stereocenters. The molecule has 0 aliphatic rings. The molecule has 2 nitrogen and oxygen atoms in total. The summed E-state index contributed by atoms with van der Waals surface area (Å²) in [5, 5.41) is 0.943. The lowest BCUT2D eigenvalue weighted by molar-refractivity contribution is 0.638. The zero-order valence-corrected chi connectivity index (χ0v) is 9.57. The van der Waals surface area contributed by atoms with Crippen molar-refractivity contribution in [3.8, 4) is 0 Å². The van der Waals surface area contributed by atoms with Crippen molar-refractivity contribution in [2.75, 3.05) is 5.73 Å². The van der Waals surface area contributed by atoms with Crippen molar-refractivity contribution in [1.29, 1.82) is 0 Å². The number of benzene rings is 1. The zero-order chi connectivity index (χ0) is 10.7. The molecule has 0 saturated heterocycles. The first-order valence-corrected chi connectivity index (χ1v) is 5.31. The maximum Gasteiger partial charge on any atom is 0.0693 e. The highest BCUT2D eigenvalue weighted by Crippen LogP contribution is 2.31. The second-order valence-corrected chi connectivity index (χ2v) is 4.11. The van der Waals surface area contributed by atoms with Gasteiger partial charge in [0.15, 0.2) is 0 Å². The first-order valence-electron chi connectivity index (χ1n) is 4.56. The van der Waals surface area contributed by atoms with E-state index >= 15 is 0 Å². The van der Waals surface area contributed by atoms with E-state index in [1.165, 1.54) is 0 Å². The van der Waals surface area contributed by atoms with Gasteiger partial charge in [-0.15, -0.1) is 0 Å². The molecular formula is C10H14Cl2N2. The number of hydrogen-bond donors (Lipinski definition) is 2. The summed E-state index contributed by atoms with van der Waals surface area (Å²) in [5.74, 6) is 0. The Morgan fingerprint density at radius 2 is 1.79 bits per heavy atom. The number of nitrogens with two attached hydrogens (primary N) is 2. The monoisotopic (exact) mass is 232 g/mol. The molecule has 0 fully saturated rings. The molecule has 1 aromatic carbocycles. The fourth-order valence-electron chi connectivity index (χ4n) is 1.30. The van der Waals surface area contributed by atoms with Gasteiger partial charge in [0, 0.05) is 6.04 Å². The van der Waals surface area contributed by atoms with Crippen LogP contribution in [0.1, 0.15) is 31.4 Å². The topological polar surface area (TPSA) is 52.0 Å². The van der Waals surface area contributed by atoms with Crippen molar-refractivity contribution in [2.24, 2.45) is 5.73 Å². The van der Waals surface area contributed by atoms with Gasteiger partial charge in [0.2, 0.25) is 0 Å². The molecule has 0 aliphatic carbocycles. The zero-order valence-electron chi connectivity index (χ0n) is 8.06. The average molecular weight is 233 g/mol. The maximum atomic E-state index is 5.94. The minimum absolute atomic E-state index is 0.0180. The Hall–Kier alpha value is -0.440. The van der Waals surface area contributed by atoms with Crippen molar-refractivity contribution in [3.05, 3.63) is 27.7 Å². The van der Waals surface area contributed by atoms with E-state index in [2.05, 4.69) is 6.92 Å². The predicted octanol–water partition coefficient (Wildman–Crippen LogP) is 3.38. The average Bonchev–Trinajstić information content (AvgIpc) is 2.13. The van der Waals surface area contributed by atoms with E-state index in [4.69, 9.17) is 34.7 Å². The Morgan fingerprint density at radius 1 is 1.29 bits per heavy atom. The van der Waals surface area contributed by atoms with Crippen LogP contribution in [0, 0.1) is 0 Å². The lowest BCUT2D eigenvalue weighted by Gasteiger charge is -2.12. The van der Waals surface area contributed by atoms with E-state index in [0.717, 1.165) is 18.4 Å². The SMILES string of the molecule is CCC[C@@H](N)c1cc(Cl)c(N)c(Cl)c1. The van der Waals surface area contributed by atoms with Gasteiger partial charge in [-0.25, -0.2) is 0 Å². The predicted molar refractivity (Wildman–Crippen MR) is 62.7 cm³/mol. The molecule has 1 atom stereocenters. The van der Waals surface area contributed by atoms with Crippen molar-refractivity contribution in [1.82, 2.24) is 0 Å². The van der Waals surface area contributed by atoms with Crippen LogP contribution >= 0.6 is 23.2 Å². The van der Waals surface area contributed by atoms with Crippen LogP contribution in [0.5, 0.6) is 0 Å². The molecule has 4 N–H and O–H groups in total. The largest absolute Gasteiger partial charge is 0.396 e. The van der Waals surface area contributed by atoms with Crippen LogP contribution in [-0.2, 0) is 0 Å². The third-order valence-electron chi connectivity index (χ3n) is 2.13. The highest BCUT2D eigenvalue weighted by Gasteiger charge is 2.09. The minimum atomic E-state index is -0.0180. The molecule has 0 radical (unpaired) electrons. The molecule has 0 saturated carbocycles. The standard InChI is InChI=1S/C10H14Cl2N2/c1-2-3-9(13)6-4-7(11)10(14)8(12)5-6/h4-5,9H,2-3,13-14H2,1H3/t9-/m1/s1. The van der Waals surface area contributed by atoms with Crippen molar-refractivity contribution in [3.63, 3.8) is 0 Å². The maximum absolute atomic E-state index is 5.94. The minimum Gasteiger partial charge on any atom is -0.396 e. The quantitative estimate of drug-likeness (QED) is 0.786. The van der Waals surface area contributed by atoms with Crippen molar-refractivity contribution < 1.29 is 0 Å². The van der Waals surface area contributed by atoms with Gasteiger partial charge in [-0.1, -0.05) is 36.5 Å². The Balaban J connectivity index is 3.00. The van der Waals surface area contributed by atoms with E-state index in [1.54, 1.807) is 12.1 Å². The van der Waals surface area contributed by atoms with Gasteiger partial charge in [-0.2, -0.15) is 0 Å². The summed E-state index contributed by atoms with van der Waals surface area (Å²) < 4.78 is 0. The molecule has 0 amide bonds. The molecular weight excluding hydrogens is 219 g/mol. The molecule has 0 aliphatic heterocycles. The molecule has 1 aromatic rings. The van der Waals surface area contributed by atoms with Crippen LogP contribution < -0.4 is 11.5 Å². The smallest absolute Gasteiger partial charge is 0.0693 e. The summed E-state index contributed by atoms with van der Waals surface area (Å²) in [5.41, 5.74) is 12.9. The fourth-order valence-corrected chi connectivity index (χ4v) is 1.80. The highest BCUT2D eigenvalue weighted by atomic mass is 35.5. The number of halogens is 2. The Labute approximate surface area is 94.2 Å². The summed E-state index contributed by atoms with van der Waals surface area (Å²) in [6.07, 6.45) is 1.94. The molecule has 78 valence electrons. The summed E-state index contributed by atoms with van der Waals surface area (Å²) in [7, 11) is 0. The summed E-state index contributed by atoms with van der Waals surface area (Å²) >= 11 is 11.8. The third kappa shape index (κ3) is 2.53. The van der Waals surface area contributed by atoms with Crippen LogP contribution in [-0.4, -0.2) is 0 Å². The normalized spacial score (nSPS) is 12.9. The molecule has 0 bridgehead atoms. The van der Waals surface area contributed by atoms with Gasteiger partial charge in [-0.3, -0.25) is 0 Å². The van der Waals surface area contributed by atoms with Gasteiger partial charge in [0.25, 0.3) is 0 Å². The fraction of sp³-hybridized carbons (Fsp3) is 0.400. The van der Waals surface area contributed by atoms with Crippen LogP contribution in [0.2, 0.25) is 10.0 Å². The van der Waals surface area contributed by atoms with E-state index in [1.807, 2.05) is 0 Å². The van der Waals surface area contributed by atoms with Crippen LogP contribution in [0.4, 0.5) is 5.69 Å². The van der Waals surface area contributed by atoms with Gasteiger partial charge in [0.1, 0.15) is 0 Å². The van der Waals surface area contributed by atoms with Gasteiger partial charge >= 0.3 is 0 Å². The third-order valence-corrected chi connectivity index (χ3v) is 2.75. The Bertz CT molecular complexity index is 303. The van der Waals surface area contributed by atoms with E-state index in [0.29, 0.717) is 15.7 Å². The Morgan fingerprint density at radius 3 is 2.21 bits per heavy atom. The number of hydrogen-bond acceptors (Lipinski definition) is 2. The lowest BCUT2D eigenvalue weighted by atomic mass is 10.0. The van der Waals surface area contributed by atoms with E-state index < -0.39 is 0 Å². The molecule has 0 aromatic heterocycles. The molecule has 14 heavy (non-hydrogen) atoms. The van der Waals surface area contributed by atoms with Crippen LogP contribution in [0.15, 0.2) is 12.1 Å².